The third-order valence-corrected chi connectivity index (χ3v) is 1.97. The van der Waals surface area contributed by atoms with Gasteiger partial charge in [0.15, 0.2) is 0 Å². The van der Waals surface area contributed by atoms with Crippen LogP contribution in [-0.2, 0) is 19.1 Å². The molecule has 0 aliphatic heterocycles. The van der Waals surface area contributed by atoms with Gasteiger partial charge in [0.25, 0.3) is 0 Å². The molecule has 1 unspecified atom stereocenters. The number of hydrogen-bond acceptors (Lipinski definition) is 4. The van der Waals surface area contributed by atoms with Gasteiger partial charge < -0.3 is 9.47 Å². The molecule has 0 fully saturated rings. The van der Waals surface area contributed by atoms with Crippen LogP contribution in [0.25, 0.3) is 0 Å². The van der Waals surface area contributed by atoms with Crippen LogP contribution < -0.4 is 0 Å². The first kappa shape index (κ1) is 14.9. The Hall–Kier alpha value is -1.06. The fourth-order valence-electron chi connectivity index (χ4n) is 0.973. The second-order valence-corrected chi connectivity index (χ2v) is 5.07. The molecule has 4 heteroatoms. The molecular weight excluding hydrogens is 208 g/mol. The predicted molar refractivity (Wildman–Crippen MR) is 60.8 cm³/mol. The van der Waals surface area contributed by atoms with Crippen LogP contribution in [0.3, 0.4) is 0 Å². The monoisotopic (exact) mass is 230 g/mol. The van der Waals surface area contributed by atoms with E-state index < -0.39 is 17.5 Å². The lowest BCUT2D eigenvalue weighted by Gasteiger charge is -2.24. The van der Waals surface area contributed by atoms with Gasteiger partial charge in [0.1, 0.15) is 0 Å². The maximum atomic E-state index is 11.7. The summed E-state index contributed by atoms with van der Waals surface area (Å²) in [4.78, 5) is 23.2. The highest BCUT2D eigenvalue weighted by Crippen LogP contribution is 2.19. The van der Waals surface area contributed by atoms with Crippen molar-refractivity contribution in [1.29, 1.82) is 0 Å². The summed E-state index contributed by atoms with van der Waals surface area (Å²) in [5.74, 6) is -0.959. The Morgan fingerprint density at radius 2 is 1.69 bits per heavy atom. The predicted octanol–water partition coefficient (Wildman–Crippen LogP) is 2.16. The van der Waals surface area contributed by atoms with Crippen molar-refractivity contribution in [3.8, 4) is 0 Å². The van der Waals surface area contributed by atoms with Gasteiger partial charge in [-0.2, -0.15) is 0 Å². The van der Waals surface area contributed by atoms with Crippen molar-refractivity contribution >= 4 is 11.9 Å². The lowest BCUT2D eigenvalue weighted by atomic mass is 9.97. The maximum Gasteiger partial charge on any atom is 0.347 e. The normalized spacial score (nSPS) is 13.4. The largest absolute Gasteiger partial charge is 0.463 e. The van der Waals surface area contributed by atoms with E-state index in [1.807, 2.05) is 13.8 Å². The maximum absolute atomic E-state index is 11.7. The Kier molecular flexibility index (Phi) is 5.48. The van der Waals surface area contributed by atoms with E-state index in [-0.39, 0.29) is 18.5 Å². The molecule has 0 aromatic heterocycles. The highest BCUT2D eigenvalue weighted by atomic mass is 16.6. The van der Waals surface area contributed by atoms with Gasteiger partial charge in [0.05, 0.1) is 12.0 Å². The molecule has 4 nitrogen and oxygen atoms in total. The van der Waals surface area contributed by atoms with Crippen LogP contribution in [0.5, 0.6) is 0 Å². The fraction of sp³-hybridized carbons (Fsp3) is 0.833. The zero-order chi connectivity index (χ0) is 12.9. The summed E-state index contributed by atoms with van der Waals surface area (Å²) in [6, 6.07) is 0. The van der Waals surface area contributed by atoms with E-state index in [1.54, 1.807) is 27.7 Å². The molecule has 0 saturated heterocycles. The number of hydrogen-bond donors (Lipinski definition) is 0. The summed E-state index contributed by atoms with van der Waals surface area (Å²) in [5.41, 5.74) is -0.611. The smallest absolute Gasteiger partial charge is 0.347 e. The molecule has 16 heavy (non-hydrogen) atoms. The zero-order valence-corrected chi connectivity index (χ0v) is 11.0. The number of esters is 2. The van der Waals surface area contributed by atoms with Crippen LogP contribution >= 0.6 is 0 Å². The van der Waals surface area contributed by atoms with Crippen molar-refractivity contribution < 1.29 is 19.1 Å². The van der Waals surface area contributed by atoms with Crippen molar-refractivity contribution in [3.05, 3.63) is 0 Å². The molecule has 0 spiro atoms. The Bertz CT molecular complexity index is 250. The van der Waals surface area contributed by atoms with Gasteiger partial charge in [0, 0.05) is 5.92 Å². The van der Waals surface area contributed by atoms with E-state index in [1.165, 1.54) is 0 Å². The second kappa shape index (κ2) is 5.87. The number of ether oxygens (including phenoxy) is 2. The lowest BCUT2D eigenvalue weighted by Crippen LogP contribution is -2.37. The Morgan fingerprint density at radius 1 is 1.19 bits per heavy atom. The first-order valence-corrected chi connectivity index (χ1v) is 5.57. The van der Waals surface area contributed by atoms with Crippen molar-refractivity contribution in [1.82, 2.24) is 0 Å². The zero-order valence-electron chi connectivity index (χ0n) is 11.0. The minimum Gasteiger partial charge on any atom is -0.463 e. The molecule has 0 aliphatic carbocycles. The second-order valence-electron chi connectivity index (χ2n) is 5.07. The number of rotatable bonds is 4. The van der Waals surface area contributed by atoms with Gasteiger partial charge >= 0.3 is 11.9 Å². The molecule has 0 aromatic carbocycles. The molecule has 0 rings (SSSR count). The molecule has 0 aliphatic rings. The van der Waals surface area contributed by atoms with Crippen molar-refractivity contribution in [3.63, 3.8) is 0 Å². The summed E-state index contributed by atoms with van der Waals surface area (Å²) in [6.07, 6.45) is -0.813. The van der Waals surface area contributed by atoms with Gasteiger partial charge in [-0.05, 0) is 27.7 Å². The molecule has 0 amide bonds. The third kappa shape index (κ3) is 4.64. The summed E-state index contributed by atoms with van der Waals surface area (Å²) in [5, 5.41) is 0. The topological polar surface area (TPSA) is 52.6 Å². The lowest BCUT2D eigenvalue weighted by molar-refractivity contribution is -0.176. The molecule has 0 aromatic rings. The minimum atomic E-state index is -0.813. The van der Waals surface area contributed by atoms with Crippen LogP contribution in [-0.4, -0.2) is 24.6 Å². The summed E-state index contributed by atoms with van der Waals surface area (Å²) < 4.78 is 10.0. The van der Waals surface area contributed by atoms with Crippen LogP contribution in [0.4, 0.5) is 0 Å². The molecule has 94 valence electrons. The summed E-state index contributed by atoms with van der Waals surface area (Å²) >= 11 is 0. The van der Waals surface area contributed by atoms with E-state index in [4.69, 9.17) is 9.47 Å². The van der Waals surface area contributed by atoms with Gasteiger partial charge in [-0.25, -0.2) is 4.79 Å². The molecule has 0 heterocycles. The summed E-state index contributed by atoms with van der Waals surface area (Å²) in [6.45, 7) is 10.9. The van der Waals surface area contributed by atoms with Gasteiger partial charge in [0.2, 0.25) is 6.10 Å². The molecule has 0 N–H and O–H groups in total. The number of carbonyl (C=O) groups is 2. The standard InChI is InChI=1S/C12H22O4/c1-7-15-10(13)9(8(2)3)16-11(14)12(4,5)6/h8-9H,7H2,1-6H3. The SMILES string of the molecule is CCOC(=O)C(OC(=O)C(C)(C)C)C(C)C. The van der Waals surface area contributed by atoms with Gasteiger partial charge in [-0.15, -0.1) is 0 Å². The highest BCUT2D eigenvalue weighted by Gasteiger charge is 2.32. The minimum absolute atomic E-state index is 0.0923. The van der Waals surface area contributed by atoms with Crippen molar-refractivity contribution in [2.75, 3.05) is 6.61 Å². The molecule has 1 atom stereocenters. The van der Waals surface area contributed by atoms with E-state index in [0.29, 0.717) is 0 Å². The molecule has 0 radical (unpaired) electrons. The summed E-state index contributed by atoms with van der Waals surface area (Å²) in [7, 11) is 0. The fourth-order valence-corrected chi connectivity index (χ4v) is 0.973. The molecule has 0 saturated carbocycles. The Balaban J connectivity index is 4.59. The quantitative estimate of drug-likeness (QED) is 0.694. The first-order chi connectivity index (χ1) is 7.20. The average Bonchev–Trinajstić information content (AvgIpc) is 2.11. The van der Waals surface area contributed by atoms with Crippen LogP contribution in [0.15, 0.2) is 0 Å². The van der Waals surface area contributed by atoms with Crippen LogP contribution in [0.2, 0.25) is 0 Å². The molecule has 0 bridgehead atoms. The third-order valence-electron chi connectivity index (χ3n) is 1.97. The van der Waals surface area contributed by atoms with E-state index >= 15 is 0 Å². The van der Waals surface area contributed by atoms with E-state index in [0.717, 1.165) is 0 Å². The number of carbonyl (C=O) groups excluding carboxylic acids is 2. The van der Waals surface area contributed by atoms with E-state index in [2.05, 4.69) is 0 Å². The van der Waals surface area contributed by atoms with Crippen LogP contribution in [0.1, 0.15) is 41.5 Å². The Labute approximate surface area is 97.3 Å². The first-order valence-electron chi connectivity index (χ1n) is 5.57. The van der Waals surface area contributed by atoms with Gasteiger partial charge in [-0.1, -0.05) is 13.8 Å². The molecular formula is C12H22O4. The Morgan fingerprint density at radius 3 is 2.00 bits per heavy atom. The highest BCUT2D eigenvalue weighted by molar-refractivity contribution is 5.81. The van der Waals surface area contributed by atoms with Crippen molar-refractivity contribution in [2.24, 2.45) is 11.3 Å². The van der Waals surface area contributed by atoms with Crippen molar-refractivity contribution in [2.45, 2.75) is 47.6 Å². The van der Waals surface area contributed by atoms with Gasteiger partial charge in [-0.3, -0.25) is 4.79 Å². The average molecular weight is 230 g/mol. The van der Waals surface area contributed by atoms with E-state index in [9.17, 15) is 9.59 Å². The van der Waals surface area contributed by atoms with Crippen LogP contribution in [0, 0.1) is 11.3 Å².